The van der Waals surface area contributed by atoms with Crippen molar-refractivity contribution in [3.8, 4) is 5.75 Å². The second-order valence-electron chi connectivity index (χ2n) is 2.37. The van der Waals surface area contributed by atoms with Crippen molar-refractivity contribution in [2.75, 3.05) is 7.11 Å². The molecule has 1 N–H and O–H groups in total. The van der Waals surface area contributed by atoms with Gasteiger partial charge < -0.3 is 9.84 Å². The molecular weight excluding hydrogens is 339 g/mol. The number of carbonyl (C=O) groups is 1. The van der Waals surface area contributed by atoms with Gasteiger partial charge in [-0.1, -0.05) is 11.6 Å². The van der Waals surface area contributed by atoms with Crippen LogP contribution in [0.3, 0.4) is 0 Å². The number of ether oxygens (including phenoxy) is 1. The quantitative estimate of drug-likeness (QED) is 0.628. The predicted molar refractivity (Wildman–Crippen MR) is 59.9 cm³/mol. The summed E-state index contributed by atoms with van der Waals surface area (Å²) in [4.78, 5) is 11.2. The minimum atomic E-state index is -0.559. The molecular formula is C8H5Br2ClO3. The first-order valence-electron chi connectivity index (χ1n) is 3.43. The summed E-state index contributed by atoms with van der Waals surface area (Å²) >= 11 is 12.0. The van der Waals surface area contributed by atoms with Crippen molar-refractivity contribution >= 4 is 49.4 Å². The van der Waals surface area contributed by atoms with E-state index in [-0.39, 0.29) is 20.8 Å². The normalized spacial score (nSPS) is 10.0. The van der Waals surface area contributed by atoms with Gasteiger partial charge in [0, 0.05) is 0 Å². The van der Waals surface area contributed by atoms with Crippen LogP contribution in [0.25, 0.3) is 0 Å². The molecule has 14 heavy (non-hydrogen) atoms. The smallest absolute Gasteiger partial charge is 0.339 e. The van der Waals surface area contributed by atoms with E-state index in [1.807, 2.05) is 0 Å². The SMILES string of the molecule is COC(=O)c1cc(Br)c(O)c(Br)c1Cl. The molecule has 0 saturated carbocycles. The molecule has 1 aromatic carbocycles. The van der Waals surface area contributed by atoms with Crippen LogP contribution in [-0.4, -0.2) is 18.2 Å². The molecule has 0 saturated heterocycles. The highest BCUT2D eigenvalue weighted by atomic mass is 79.9. The third-order valence-electron chi connectivity index (χ3n) is 1.54. The van der Waals surface area contributed by atoms with Gasteiger partial charge in [0.05, 0.1) is 26.6 Å². The number of rotatable bonds is 1. The van der Waals surface area contributed by atoms with Crippen molar-refractivity contribution in [3.63, 3.8) is 0 Å². The molecule has 0 aliphatic heterocycles. The number of hydrogen-bond donors (Lipinski definition) is 1. The molecule has 0 aromatic heterocycles. The summed E-state index contributed by atoms with van der Waals surface area (Å²) in [5, 5.41) is 9.56. The van der Waals surface area contributed by atoms with Gasteiger partial charge in [0.25, 0.3) is 0 Å². The molecule has 0 atom stereocenters. The molecule has 0 amide bonds. The second-order valence-corrected chi connectivity index (χ2v) is 4.40. The van der Waals surface area contributed by atoms with Gasteiger partial charge in [-0.3, -0.25) is 0 Å². The number of hydrogen-bond acceptors (Lipinski definition) is 3. The van der Waals surface area contributed by atoms with Gasteiger partial charge in [0.1, 0.15) is 5.75 Å². The number of phenolic OH excluding ortho intramolecular Hbond substituents is 1. The summed E-state index contributed by atoms with van der Waals surface area (Å²) < 4.78 is 5.15. The van der Waals surface area contributed by atoms with Crippen LogP contribution in [-0.2, 0) is 4.74 Å². The average Bonchev–Trinajstić information content (AvgIpc) is 2.19. The van der Waals surface area contributed by atoms with E-state index < -0.39 is 5.97 Å². The molecule has 1 rings (SSSR count). The van der Waals surface area contributed by atoms with Crippen LogP contribution in [0.1, 0.15) is 10.4 Å². The summed E-state index contributed by atoms with van der Waals surface area (Å²) in [6, 6.07) is 1.40. The van der Waals surface area contributed by atoms with E-state index in [9.17, 15) is 9.90 Å². The third kappa shape index (κ3) is 2.04. The van der Waals surface area contributed by atoms with Crippen LogP contribution in [0.2, 0.25) is 5.02 Å². The summed E-state index contributed by atoms with van der Waals surface area (Å²) in [6.07, 6.45) is 0. The van der Waals surface area contributed by atoms with Crippen LogP contribution >= 0.6 is 43.5 Å². The van der Waals surface area contributed by atoms with E-state index in [0.717, 1.165) is 0 Å². The van der Waals surface area contributed by atoms with Crippen LogP contribution < -0.4 is 0 Å². The Bertz CT molecular complexity index is 393. The summed E-state index contributed by atoms with van der Waals surface area (Å²) in [7, 11) is 1.26. The molecule has 76 valence electrons. The molecule has 0 radical (unpaired) electrons. The molecule has 0 bridgehead atoms. The van der Waals surface area contributed by atoms with Crippen LogP contribution in [0.5, 0.6) is 5.75 Å². The zero-order valence-electron chi connectivity index (χ0n) is 6.97. The minimum Gasteiger partial charge on any atom is -0.506 e. The van der Waals surface area contributed by atoms with Crippen molar-refractivity contribution in [2.24, 2.45) is 0 Å². The van der Waals surface area contributed by atoms with Crippen molar-refractivity contribution < 1.29 is 14.6 Å². The van der Waals surface area contributed by atoms with Crippen molar-refractivity contribution in [2.45, 2.75) is 0 Å². The lowest BCUT2D eigenvalue weighted by molar-refractivity contribution is 0.0601. The Labute approximate surface area is 102 Å². The average molecular weight is 344 g/mol. The topological polar surface area (TPSA) is 46.5 Å². The number of aromatic hydroxyl groups is 1. The highest BCUT2D eigenvalue weighted by Gasteiger charge is 2.18. The monoisotopic (exact) mass is 342 g/mol. The zero-order valence-corrected chi connectivity index (χ0v) is 10.9. The zero-order chi connectivity index (χ0) is 10.9. The first kappa shape index (κ1) is 11.8. The Hall–Kier alpha value is -0.260. The Morgan fingerprint density at radius 2 is 2.14 bits per heavy atom. The fourth-order valence-corrected chi connectivity index (χ4v) is 2.19. The number of carbonyl (C=O) groups excluding carboxylic acids is 1. The Kier molecular flexibility index (Phi) is 3.80. The fraction of sp³-hybridized carbons (Fsp3) is 0.125. The Morgan fingerprint density at radius 3 is 2.64 bits per heavy atom. The molecule has 0 unspecified atom stereocenters. The van der Waals surface area contributed by atoms with Gasteiger partial charge in [-0.2, -0.15) is 0 Å². The number of phenols is 1. The van der Waals surface area contributed by atoms with Crippen molar-refractivity contribution in [1.29, 1.82) is 0 Å². The molecule has 0 spiro atoms. The van der Waals surface area contributed by atoms with E-state index in [1.165, 1.54) is 13.2 Å². The number of esters is 1. The first-order chi connectivity index (χ1) is 6.49. The molecule has 0 heterocycles. The number of benzene rings is 1. The highest BCUT2D eigenvalue weighted by molar-refractivity contribution is 9.11. The number of halogens is 3. The van der Waals surface area contributed by atoms with Gasteiger partial charge in [0.15, 0.2) is 0 Å². The van der Waals surface area contributed by atoms with Gasteiger partial charge in [-0.15, -0.1) is 0 Å². The highest BCUT2D eigenvalue weighted by Crippen LogP contribution is 2.40. The Morgan fingerprint density at radius 1 is 1.57 bits per heavy atom. The fourth-order valence-electron chi connectivity index (χ4n) is 0.844. The molecule has 3 nitrogen and oxygen atoms in total. The van der Waals surface area contributed by atoms with Gasteiger partial charge in [-0.25, -0.2) is 4.79 Å². The van der Waals surface area contributed by atoms with Gasteiger partial charge in [-0.05, 0) is 37.9 Å². The molecule has 6 heteroatoms. The lowest BCUT2D eigenvalue weighted by atomic mass is 10.2. The van der Waals surface area contributed by atoms with E-state index >= 15 is 0 Å². The molecule has 0 aliphatic carbocycles. The lowest BCUT2D eigenvalue weighted by Crippen LogP contribution is -2.02. The summed E-state index contributed by atoms with van der Waals surface area (Å²) in [5.74, 6) is -0.612. The van der Waals surface area contributed by atoms with E-state index in [2.05, 4.69) is 36.6 Å². The summed E-state index contributed by atoms with van der Waals surface area (Å²) in [5.41, 5.74) is 0.186. The van der Waals surface area contributed by atoms with E-state index in [4.69, 9.17) is 11.6 Å². The lowest BCUT2D eigenvalue weighted by Gasteiger charge is -2.07. The van der Waals surface area contributed by atoms with E-state index in [1.54, 1.807) is 0 Å². The van der Waals surface area contributed by atoms with Crippen molar-refractivity contribution in [3.05, 3.63) is 25.6 Å². The largest absolute Gasteiger partial charge is 0.506 e. The van der Waals surface area contributed by atoms with Gasteiger partial charge >= 0.3 is 5.97 Å². The Balaban J connectivity index is 3.40. The standard InChI is InChI=1S/C8H5Br2ClO3/c1-14-8(13)3-2-4(9)7(12)5(10)6(3)11/h2,12H,1H3. The maximum Gasteiger partial charge on any atom is 0.339 e. The van der Waals surface area contributed by atoms with Gasteiger partial charge in [0.2, 0.25) is 0 Å². The van der Waals surface area contributed by atoms with Crippen molar-refractivity contribution in [1.82, 2.24) is 0 Å². The second kappa shape index (κ2) is 4.51. The van der Waals surface area contributed by atoms with Crippen LogP contribution in [0, 0.1) is 0 Å². The van der Waals surface area contributed by atoms with Crippen LogP contribution in [0.4, 0.5) is 0 Å². The molecule has 0 aliphatic rings. The number of methoxy groups -OCH3 is 1. The third-order valence-corrected chi connectivity index (χ3v) is 3.54. The first-order valence-corrected chi connectivity index (χ1v) is 5.40. The minimum absolute atomic E-state index is 0.0531. The summed E-state index contributed by atoms with van der Waals surface area (Å²) in [6.45, 7) is 0. The van der Waals surface area contributed by atoms with E-state index in [0.29, 0.717) is 4.47 Å². The maximum absolute atomic E-state index is 11.2. The molecule has 1 aromatic rings. The van der Waals surface area contributed by atoms with Crippen LogP contribution in [0.15, 0.2) is 15.0 Å². The molecule has 0 fully saturated rings. The maximum atomic E-state index is 11.2. The predicted octanol–water partition coefficient (Wildman–Crippen LogP) is 3.36.